The molecule has 0 saturated carbocycles. The van der Waals surface area contributed by atoms with Crippen molar-refractivity contribution in [1.82, 2.24) is 9.71 Å². The zero-order chi connectivity index (χ0) is 37.8. The van der Waals surface area contributed by atoms with E-state index in [1.807, 2.05) is 0 Å². The number of hydrogen-bond donors (Lipinski definition) is 4. The van der Waals surface area contributed by atoms with Crippen LogP contribution in [0, 0.1) is 23.3 Å². The minimum Gasteiger partial charge on any atom is -0.447 e. The van der Waals surface area contributed by atoms with Crippen LogP contribution in [0.4, 0.5) is 28.0 Å². The molecule has 4 rings (SSSR count). The topological polar surface area (TPSA) is 209 Å². The second-order valence-corrected chi connectivity index (χ2v) is 13.3. The first-order valence-electron chi connectivity index (χ1n) is 15.6. The third-order valence-corrected chi connectivity index (χ3v) is 9.42. The zero-order valence-electron chi connectivity index (χ0n) is 27.2. The molecular formula is C34H33F4N7O6S. The Morgan fingerprint density at radius 3 is 2.23 bits per heavy atom. The second kappa shape index (κ2) is 18.1. The Labute approximate surface area is 295 Å². The molecule has 5 N–H and O–H groups in total. The van der Waals surface area contributed by atoms with Crippen LogP contribution >= 0.6 is 0 Å². The third-order valence-electron chi connectivity index (χ3n) is 7.88. The Morgan fingerprint density at radius 2 is 1.60 bits per heavy atom. The normalized spacial score (nSPS) is 13.6. The second-order valence-electron chi connectivity index (χ2n) is 11.5. The van der Waals surface area contributed by atoms with Crippen LogP contribution in [0.3, 0.4) is 0 Å². The molecule has 0 unspecified atom stereocenters. The van der Waals surface area contributed by atoms with Crippen molar-refractivity contribution in [3.63, 3.8) is 0 Å². The number of sulfonamides is 1. The molecule has 1 aromatic heterocycles. The van der Waals surface area contributed by atoms with E-state index in [1.165, 1.54) is 36.4 Å². The fraction of sp³-hybridized carbons (Fsp3) is 0.265. The summed E-state index contributed by atoms with van der Waals surface area (Å²) in [5.41, 5.74) is 14.1. The number of ether oxygens (including phenoxy) is 1. The van der Waals surface area contributed by atoms with Crippen molar-refractivity contribution < 1.29 is 45.4 Å². The van der Waals surface area contributed by atoms with Crippen LogP contribution in [-0.2, 0) is 26.0 Å². The van der Waals surface area contributed by atoms with Gasteiger partial charge in [-0.1, -0.05) is 35.4 Å². The van der Waals surface area contributed by atoms with Gasteiger partial charge >= 0.3 is 6.09 Å². The van der Waals surface area contributed by atoms with Gasteiger partial charge < -0.3 is 20.9 Å². The molecule has 0 bridgehead atoms. The molecule has 0 radical (unpaired) electrons. The lowest BCUT2D eigenvalue weighted by Crippen LogP contribution is -2.36. The van der Waals surface area contributed by atoms with Crippen LogP contribution in [0.1, 0.15) is 41.9 Å². The maximum absolute atomic E-state index is 15.4. The smallest absolute Gasteiger partial charge is 0.404 e. The quantitative estimate of drug-likeness (QED) is 0.0465. The first kappa shape index (κ1) is 39.2. The average Bonchev–Trinajstić information content (AvgIpc) is 3.09. The number of nitrogens with zero attached hydrogens (tertiary/aromatic N) is 4. The molecule has 52 heavy (non-hydrogen) atoms. The van der Waals surface area contributed by atoms with Crippen LogP contribution < -0.4 is 15.8 Å². The third kappa shape index (κ3) is 11.0. The summed E-state index contributed by atoms with van der Waals surface area (Å²) in [6.45, 7) is -0.448. The maximum Gasteiger partial charge on any atom is 0.404 e. The van der Waals surface area contributed by atoms with Gasteiger partial charge in [-0.05, 0) is 78.7 Å². The van der Waals surface area contributed by atoms with Crippen molar-refractivity contribution >= 4 is 27.7 Å². The summed E-state index contributed by atoms with van der Waals surface area (Å²) in [6.07, 6.45) is -0.710. The number of aromatic nitrogens is 1. The molecule has 13 nitrogen and oxygen atoms in total. The molecule has 3 aromatic carbocycles. The molecule has 2 amide bonds. The number of benzene rings is 3. The molecule has 1 heterocycles. The number of aliphatic hydroxyl groups excluding tert-OH is 1. The van der Waals surface area contributed by atoms with E-state index in [4.69, 9.17) is 5.73 Å². The molecule has 0 aliphatic rings. The molecular weight excluding hydrogens is 710 g/mol. The van der Waals surface area contributed by atoms with Crippen molar-refractivity contribution in [2.45, 2.75) is 54.7 Å². The number of nitrogens with one attached hydrogen (secondary N) is 2. The van der Waals surface area contributed by atoms with Crippen molar-refractivity contribution in [1.29, 1.82) is 0 Å². The van der Waals surface area contributed by atoms with Crippen molar-refractivity contribution in [3.05, 3.63) is 136 Å². The van der Waals surface area contributed by atoms with Gasteiger partial charge in [0.15, 0.2) is 0 Å². The summed E-state index contributed by atoms with van der Waals surface area (Å²) in [5, 5.41) is 16.3. The number of aliphatic hydroxyl groups is 1. The van der Waals surface area contributed by atoms with E-state index >= 15 is 4.39 Å². The summed E-state index contributed by atoms with van der Waals surface area (Å²) in [6, 6.07) is 11.8. The average molecular weight is 744 g/mol. The number of rotatable bonds is 17. The van der Waals surface area contributed by atoms with E-state index in [0.717, 1.165) is 36.7 Å². The molecule has 0 aliphatic carbocycles. The van der Waals surface area contributed by atoms with Gasteiger partial charge in [-0.25, -0.2) is 35.5 Å². The van der Waals surface area contributed by atoms with Gasteiger partial charge in [0, 0.05) is 28.5 Å². The Hall–Kier alpha value is -5.55. The van der Waals surface area contributed by atoms with E-state index in [0.29, 0.717) is 6.07 Å². The first-order chi connectivity index (χ1) is 24.8. The Kier molecular flexibility index (Phi) is 13.7. The van der Waals surface area contributed by atoms with Gasteiger partial charge in [0.1, 0.15) is 35.9 Å². The molecule has 0 aliphatic heterocycles. The first-order valence-corrected chi connectivity index (χ1v) is 17.1. The van der Waals surface area contributed by atoms with Crippen molar-refractivity contribution in [2.75, 3.05) is 11.9 Å². The highest BCUT2D eigenvalue weighted by molar-refractivity contribution is 7.89. The number of primary amides is 1. The van der Waals surface area contributed by atoms with E-state index in [9.17, 15) is 41.8 Å². The number of pyridine rings is 1. The van der Waals surface area contributed by atoms with E-state index in [2.05, 4.69) is 29.8 Å². The molecule has 0 spiro atoms. The molecule has 18 heteroatoms. The highest BCUT2D eigenvalue weighted by Gasteiger charge is 2.32. The standard InChI is InChI=1S/C34H33F4N7O6S/c35-22-8-6-20(7-9-22)31(21-14-23(36)16-24(37)15-21)32(43-45-40)33(47)42-30-18-41-17-29(38)28(30)13-11-25(10-12-26(46)19-51-34(39)48)44-52(49,50)27-4-2-1-3-5-27/h1-9,14-18,25-26,31-32,44,46H,10-13,19H2,(H2,39,48)(H,42,47)/t25-,26+,31+,32+/m1/s1. The van der Waals surface area contributed by atoms with Crippen LogP contribution in [0.25, 0.3) is 10.4 Å². The van der Waals surface area contributed by atoms with E-state index in [-0.39, 0.29) is 53.0 Å². The monoisotopic (exact) mass is 743 g/mol. The van der Waals surface area contributed by atoms with Crippen LogP contribution in [0.2, 0.25) is 0 Å². The van der Waals surface area contributed by atoms with Gasteiger partial charge in [0.25, 0.3) is 0 Å². The Morgan fingerprint density at radius 1 is 0.923 bits per heavy atom. The summed E-state index contributed by atoms with van der Waals surface area (Å²) >= 11 is 0. The number of halogens is 4. The van der Waals surface area contributed by atoms with E-state index in [1.54, 1.807) is 6.07 Å². The SMILES string of the molecule is [N-]=[N+]=N[C@H](C(=O)Nc1cncc(F)c1CC[C@@H](CC[C@H](O)COC(N)=O)NS(=O)(=O)c1ccccc1)[C@@H](c1ccc(F)cc1)c1cc(F)cc(F)c1. The number of anilines is 1. The number of nitrogens with two attached hydrogens (primary N) is 1. The summed E-state index contributed by atoms with van der Waals surface area (Å²) in [7, 11) is -4.10. The van der Waals surface area contributed by atoms with Crippen LogP contribution in [0.5, 0.6) is 0 Å². The predicted octanol–water partition coefficient (Wildman–Crippen LogP) is 5.60. The number of azide groups is 1. The lowest BCUT2D eigenvalue weighted by molar-refractivity contribution is -0.117. The van der Waals surface area contributed by atoms with Gasteiger partial charge in [-0.15, -0.1) is 0 Å². The van der Waals surface area contributed by atoms with Gasteiger partial charge in [-0.2, -0.15) is 0 Å². The predicted molar refractivity (Wildman–Crippen MR) is 180 cm³/mol. The largest absolute Gasteiger partial charge is 0.447 e. The summed E-state index contributed by atoms with van der Waals surface area (Å²) < 4.78 is 91.4. The zero-order valence-corrected chi connectivity index (χ0v) is 28.0. The highest BCUT2D eigenvalue weighted by atomic mass is 32.2. The lowest BCUT2D eigenvalue weighted by atomic mass is 9.84. The fourth-order valence-corrected chi connectivity index (χ4v) is 6.79. The number of carbonyl (C=O) groups excluding carboxylic acids is 2. The van der Waals surface area contributed by atoms with Crippen molar-refractivity contribution in [3.8, 4) is 0 Å². The molecule has 0 saturated heterocycles. The van der Waals surface area contributed by atoms with Gasteiger partial charge in [0.2, 0.25) is 15.9 Å². The molecule has 274 valence electrons. The highest BCUT2D eigenvalue weighted by Crippen LogP contribution is 2.33. The van der Waals surface area contributed by atoms with Crippen LogP contribution in [0.15, 0.2) is 95.2 Å². The van der Waals surface area contributed by atoms with Crippen molar-refractivity contribution in [2.24, 2.45) is 10.8 Å². The molecule has 4 atom stereocenters. The number of carbonyl (C=O) groups is 2. The number of amides is 2. The van der Waals surface area contributed by atoms with E-state index < -0.39 is 76.0 Å². The Bertz CT molecular complexity index is 2000. The lowest BCUT2D eigenvalue weighted by Gasteiger charge is -2.25. The number of hydrogen-bond acceptors (Lipinski definition) is 8. The summed E-state index contributed by atoms with van der Waals surface area (Å²) in [5.74, 6) is -5.91. The molecule has 4 aromatic rings. The van der Waals surface area contributed by atoms with Gasteiger partial charge in [-0.3, -0.25) is 9.78 Å². The summed E-state index contributed by atoms with van der Waals surface area (Å²) in [4.78, 5) is 31.2. The van der Waals surface area contributed by atoms with Crippen LogP contribution in [-0.4, -0.2) is 55.3 Å². The molecule has 0 fully saturated rings. The Balaban J connectivity index is 1.63. The minimum absolute atomic E-state index is 0.00769. The fourth-order valence-electron chi connectivity index (χ4n) is 5.46. The minimum atomic E-state index is -4.10. The maximum atomic E-state index is 15.4. The van der Waals surface area contributed by atoms with Gasteiger partial charge in [0.05, 0.1) is 29.1 Å².